The zero-order valence-electron chi connectivity index (χ0n) is 17.2. The molecule has 4 rings (SSSR count). The third-order valence-corrected chi connectivity index (χ3v) is 5.96. The monoisotopic (exact) mass is 393 g/mol. The lowest BCUT2D eigenvalue weighted by Gasteiger charge is -2.20. The van der Waals surface area contributed by atoms with Crippen LogP contribution in [-0.2, 0) is 0 Å². The molecule has 0 bridgehead atoms. The SMILES string of the molecule is CCC(C)n1c(=N)c(C(=O)NC2CCCC2)cc2c(=O)n3cc(C)ccc3nc21. The average Bonchev–Trinajstić information content (AvgIpc) is 3.21. The van der Waals surface area contributed by atoms with Crippen molar-refractivity contribution in [1.82, 2.24) is 19.3 Å². The van der Waals surface area contributed by atoms with Gasteiger partial charge in [-0.05, 0) is 50.8 Å². The van der Waals surface area contributed by atoms with Gasteiger partial charge < -0.3 is 9.88 Å². The molecule has 3 aromatic heterocycles. The van der Waals surface area contributed by atoms with Crippen LogP contribution in [0.1, 0.15) is 67.9 Å². The number of nitrogens with one attached hydrogen (secondary N) is 2. The number of carbonyl (C=O) groups is 1. The quantitative estimate of drug-likeness (QED) is 0.667. The summed E-state index contributed by atoms with van der Waals surface area (Å²) in [6.45, 7) is 5.92. The Morgan fingerprint density at radius 1 is 1.34 bits per heavy atom. The Morgan fingerprint density at radius 2 is 2.07 bits per heavy atom. The second-order valence-corrected chi connectivity index (χ2v) is 8.08. The summed E-state index contributed by atoms with van der Waals surface area (Å²) in [4.78, 5) is 30.9. The molecule has 1 saturated carbocycles. The van der Waals surface area contributed by atoms with Gasteiger partial charge in [0.1, 0.15) is 16.8 Å². The van der Waals surface area contributed by atoms with Gasteiger partial charge in [0.15, 0.2) is 0 Å². The number of aromatic nitrogens is 3. The molecule has 1 unspecified atom stereocenters. The molecule has 7 nitrogen and oxygen atoms in total. The van der Waals surface area contributed by atoms with E-state index in [1.807, 2.05) is 32.9 Å². The van der Waals surface area contributed by atoms with Gasteiger partial charge in [0.2, 0.25) is 0 Å². The van der Waals surface area contributed by atoms with Crippen LogP contribution in [0.4, 0.5) is 0 Å². The van der Waals surface area contributed by atoms with E-state index >= 15 is 0 Å². The van der Waals surface area contributed by atoms with Gasteiger partial charge in [-0.2, -0.15) is 0 Å². The minimum atomic E-state index is -0.283. The first-order valence-electron chi connectivity index (χ1n) is 10.3. The van der Waals surface area contributed by atoms with Crippen molar-refractivity contribution < 1.29 is 4.79 Å². The first-order chi connectivity index (χ1) is 13.9. The number of hydrogen-bond acceptors (Lipinski definition) is 4. The Kier molecular flexibility index (Phi) is 4.98. The number of fused-ring (bicyclic) bond motifs is 2. The van der Waals surface area contributed by atoms with E-state index in [1.165, 1.54) is 4.40 Å². The lowest BCUT2D eigenvalue weighted by atomic mass is 10.1. The van der Waals surface area contributed by atoms with E-state index < -0.39 is 0 Å². The second kappa shape index (κ2) is 7.46. The molecule has 152 valence electrons. The molecular formula is C22H27N5O2. The molecule has 3 heterocycles. The maximum atomic E-state index is 13.3. The summed E-state index contributed by atoms with van der Waals surface area (Å²) in [7, 11) is 0. The van der Waals surface area contributed by atoms with E-state index in [0.29, 0.717) is 16.7 Å². The number of aryl methyl sites for hydroxylation is 1. The molecule has 3 aromatic rings. The topological polar surface area (TPSA) is 92.2 Å². The molecule has 0 spiro atoms. The summed E-state index contributed by atoms with van der Waals surface area (Å²) in [5.74, 6) is -0.283. The number of carbonyl (C=O) groups excluding carboxylic acids is 1. The van der Waals surface area contributed by atoms with Gasteiger partial charge in [0, 0.05) is 18.3 Å². The van der Waals surface area contributed by atoms with Crippen LogP contribution >= 0.6 is 0 Å². The number of hydrogen-bond donors (Lipinski definition) is 2. The van der Waals surface area contributed by atoms with Crippen LogP contribution in [0.3, 0.4) is 0 Å². The molecule has 7 heteroatoms. The summed E-state index contributed by atoms with van der Waals surface area (Å²) in [6.07, 6.45) is 6.66. The fourth-order valence-corrected chi connectivity index (χ4v) is 4.12. The molecule has 0 saturated heterocycles. The van der Waals surface area contributed by atoms with E-state index in [-0.39, 0.29) is 34.6 Å². The number of pyridine rings is 2. The Labute approximate surface area is 168 Å². The van der Waals surface area contributed by atoms with Crippen LogP contribution in [0, 0.1) is 12.3 Å². The molecular weight excluding hydrogens is 366 g/mol. The average molecular weight is 393 g/mol. The molecule has 0 aliphatic heterocycles. The van der Waals surface area contributed by atoms with Gasteiger partial charge >= 0.3 is 0 Å². The molecule has 0 aromatic carbocycles. The van der Waals surface area contributed by atoms with Crippen LogP contribution in [0.2, 0.25) is 0 Å². The van der Waals surface area contributed by atoms with E-state index in [4.69, 9.17) is 5.41 Å². The van der Waals surface area contributed by atoms with Crippen molar-refractivity contribution in [2.75, 3.05) is 0 Å². The Bertz CT molecular complexity index is 1220. The van der Waals surface area contributed by atoms with Gasteiger partial charge in [-0.15, -0.1) is 0 Å². The summed E-state index contributed by atoms with van der Waals surface area (Å²) in [5, 5.41) is 12.1. The highest BCUT2D eigenvalue weighted by atomic mass is 16.2. The molecule has 1 atom stereocenters. The van der Waals surface area contributed by atoms with Crippen LogP contribution in [0.25, 0.3) is 16.7 Å². The lowest BCUT2D eigenvalue weighted by Crippen LogP contribution is -2.39. The first kappa shape index (κ1) is 19.4. The zero-order chi connectivity index (χ0) is 20.7. The third-order valence-electron chi connectivity index (χ3n) is 5.96. The van der Waals surface area contributed by atoms with E-state index in [1.54, 1.807) is 16.8 Å². The molecule has 1 aliphatic carbocycles. The van der Waals surface area contributed by atoms with E-state index in [9.17, 15) is 9.59 Å². The highest BCUT2D eigenvalue weighted by molar-refractivity contribution is 5.97. The predicted molar refractivity (Wildman–Crippen MR) is 112 cm³/mol. The van der Waals surface area contributed by atoms with Crippen LogP contribution in [0.15, 0.2) is 29.2 Å². The largest absolute Gasteiger partial charge is 0.349 e. The molecule has 1 aliphatic rings. The van der Waals surface area contributed by atoms with Crippen LogP contribution < -0.4 is 16.4 Å². The van der Waals surface area contributed by atoms with Gasteiger partial charge in [-0.25, -0.2) is 4.98 Å². The van der Waals surface area contributed by atoms with Crippen molar-refractivity contribution in [2.24, 2.45) is 0 Å². The molecule has 1 fully saturated rings. The zero-order valence-corrected chi connectivity index (χ0v) is 17.2. The van der Waals surface area contributed by atoms with Crippen molar-refractivity contribution in [1.29, 1.82) is 5.41 Å². The predicted octanol–water partition coefficient (Wildman–Crippen LogP) is 3.08. The molecule has 1 amide bonds. The minimum absolute atomic E-state index is 0.0657. The number of amides is 1. The maximum Gasteiger partial charge on any atom is 0.267 e. The lowest BCUT2D eigenvalue weighted by molar-refractivity contribution is 0.0935. The van der Waals surface area contributed by atoms with E-state index in [0.717, 1.165) is 37.7 Å². The Hall–Kier alpha value is -2.96. The fraction of sp³-hybridized carbons (Fsp3) is 0.455. The highest BCUT2D eigenvalue weighted by Gasteiger charge is 2.23. The van der Waals surface area contributed by atoms with Gasteiger partial charge in [-0.3, -0.25) is 19.4 Å². The fourth-order valence-electron chi connectivity index (χ4n) is 4.12. The van der Waals surface area contributed by atoms with Crippen molar-refractivity contribution in [3.05, 3.63) is 51.4 Å². The molecule has 0 radical (unpaired) electrons. The standard InChI is InChI=1S/C22H27N5O2/c1-4-14(3)27-19(23)16(21(28)24-15-7-5-6-8-15)11-17-20(27)25-18-10-9-13(2)12-26(18)22(17)29/h9-12,14-15,23H,4-8H2,1-3H3,(H,24,28). The van der Waals surface area contributed by atoms with Gasteiger partial charge in [0.25, 0.3) is 11.5 Å². The highest BCUT2D eigenvalue weighted by Crippen LogP contribution is 2.19. The molecule has 29 heavy (non-hydrogen) atoms. The third kappa shape index (κ3) is 3.34. The van der Waals surface area contributed by atoms with Crippen LogP contribution in [0.5, 0.6) is 0 Å². The summed E-state index contributed by atoms with van der Waals surface area (Å²) in [6, 6.07) is 5.34. The molecule has 2 N–H and O–H groups in total. The number of nitrogens with zero attached hydrogens (tertiary/aromatic N) is 3. The normalized spacial score (nSPS) is 15.8. The van der Waals surface area contributed by atoms with Crippen molar-refractivity contribution in [3.8, 4) is 0 Å². The van der Waals surface area contributed by atoms with Crippen LogP contribution in [-0.4, -0.2) is 25.9 Å². The summed E-state index contributed by atoms with van der Waals surface area (Å²) >= 11 is 0. The summed E-state index contributed by atoms with van der Waals surface area (Å²) < 4.78 is 3.24. The smallest absolute Gasteiger partial charge is 0.267 e. The summed E-state index contributed by atoms with van der Waals surface area (Å²) in [5.41, 5.74) is 2.05. The minimum Gasteiger partial charge on any atom is -0.349 e. The first-order valence-corrected chi connectivity index (χ1v) is 10.3. The van der Waals surface area contributed by atoms with Gasteiger partial charge in [-0.1, -0.05) is 25.8 Å². The van der Waals surface area contributed by atoms with Crippen molar-refractivity contribution in [2.45, 2.75) is 65.0 Å². The van der Waals surface area contributed by atoms with Gasteiger partial charge in [0.05, 0.1) is 10.9 Å². The van der Waals surface area contributed by atoms with Crippen molar-refractivity contribution in [3.63, 3.8) is 0 Å². The Balaban J connectivity index is 1.99. The maximum absolute atomic E-state index is 13.3. The van der Waals surface area contributed by atoms with E-state index in [2.05, 4.69) is 10.3 Å². The number of rotatable bonds is 4. The second-order valence-electron chi connectivity index (χ2n) is 8.08. The Morgan fingerprint density at radius 3 is 2.76 bits per heavy atom. The van der Waals surface area contributed by atoms with Crippen molar-refractivity contribution >= 4 is 22.6 Å².